The van der Waals surface area contributed by atoms with Gasteiger partial charge in [-0.3, -0.25) is 9.69 Å². The highest BCUT2D eigenvalue weighted by Gasteiger charge is 2.19. The summed E-state index contributed by atoms with van der Waals surface area (Å²) >= 11 is 7.38. The number of para-hydroxylation sites is 2. The van der Waals surface area contributed by atoms with Crippen molar-refractivity contribution in [3.05, 3.63) is 53.6 Å². The Kier molecular flexibility index (Phi) is 8.13. The van der Waals surface area contributed by atoms with Gasteiger partial charge in [-0.2, -0.15) is 0 Å². The molecule has 0 saturated carbocycles. The fourth-order valence-electron chi connectivity index (χ4n) is 3.67. The third kappa shape index (κ3) is 5.97. The molecule has 2 aromatic carbocycles. The summed E-state index contributed by atoms with van der Waals surface area (Å²) in [5.41, 5.74) is 4.15. The molecule has 3 rings (SSSR count). The summed E-state index contributed by atoms with van der Waals surface area (Å²) in [4.78, 5) is 18.2. The third-order valence-corrected chi connectivity index (χ3v) is 6.49. The molecule has 2 N–H and O–H groups in total. The molecule has 1 heterocycles. The largest absolute Gasteiger partial charge is 0.348 e. The number of rotatable bonds is 5. The number of benzene rings is 2. The van der Waals surface area contributed by atoms with Gasteiger partial charge in [0.1, 0.15) is 0 Å². The van der Waals surface area contributed by atoms with Crippen LogP contribution in [-0.4, -0.2) is 59.8 Å². The Labute approximate surface area is 189 Å². The zero-order valence-corrected chi connectivity index (χ0v) is 19.5. The first-order chi connectivity index (χ1) is 14.5. The minimum absolute atomic E-state index is 0.0375. The predicted molar refractivity (Wildman–Crippen MR) is 132 cm³/mol. The van der Waals surface area contributed by atoms with Crippen molar-refractivity contribution in [3.8, 4) is 0 Å². The molecule has 2 aromatic rings. The summed E-state index contributed by atoms with van der Waals surface area (Å²) in [5, 5.41) is 7.24. The highest BCUT2D eigenvalue weighted by Crippen LogP contribution is 2.25. The minimum Gasteiger partial charge on any atom is -0.348 e. The van der Waals surface area contributed by atoms with Crippen LogP contribution in [0.15, 0.2) is 47.4 Å². The Bertz CT molecular complexity index is 882. The lowest BCUT2D eigenvalue weighted by Crippen LogP contribution is -2.39. The van der Waals surface area contributed by atoms with Crippen molar-refractivity contribution in [1.29, 1.82) is 0 Å². The van der Waals surface area contributed by atoms with E-state index in [9.17, 15) is 4.79 Å². The Morgan fingerprint density at radius 2 is 1.73 bits per heavy atom. The normalized spacial score (nSPS) is 14.8. The van der Waals surface area contributed by atoms with Gasteiger partial charge in [-0.25, -0.2) is 0 Å². The maximum Gasteiger partial charge on any atom is 0.238 e. The Hall–Kier alpha value is -2.09. The van der Waals surface area contributed by atoms with Crippen molar-refractivity contribution >= 4 is 46.4 Å². The Morgan fingerprint density at radius 1 is 1.00 bits per heavy atom. The molecule has 1 aliphatic heterocycles. The fourth-order valence-corrected chi connectivity index (χ4v) is 4.51. The summed E-state index contributed by atoms with van der Waals surface area (Å²) in [6.45, 7) is 7.85. The van der Waals surface area contributed by atoms with E-state index in [1.54, 1.807) is 11.8 Å². The SMILES string of the molecule is CSc1ccccc1NC(=S)N1CCCN(CC(=O)Nc2c(C)cccc2C)CC1. The molecule has 160 valence electrons. The number of anilines is 2. The van der Waals surface area contributed by atoms with Gasteiger partial charge in [0.25, 0.3) is 0 Å². The highest BCUT2D eigenvalue weighted by atomic mass is 32.2. The van der Waals surface area contributed by atoms with Crippen molar-refractivity contribution < 1.29 is 4.79 Å². The second-order valence-electron chi connectivity index (χ2n) is 7.56. The van der Waals surface area contributed by atoms with Crippen LogP contribution in [0.25, 0.3) is 0 Å². The number of carbonyl (C=O) groups is 1. The molecule has 0 atom stereocenters. The number of hydrogen-bond acceptors (Lipinski definition) is 4. The highest BCUT2D eigenvalue weighted by molar-refractivity contribution is 7.98. The molecule has 7 heteroatoms. The molecule has 0 bridgehead atoms. The molecule has 0 aromatic heterocycles. The van der Waals surface area contributed by atoms with Crippen LogP contribution in [0, 0.1) is 13.8 Å². The van der Waals surface area contributed by atoms with Crippen LogP contribution >= 0.6 is 24.0 Å². The van der Waals surface area contributed by atoms with Crippen molar-refractivity contribution in [2.75, 3.05) is 49.6 Å². The Balaban J connectivity index is 1.53. The van der Waals surface area contributed by atoms with Crippen LogP contribution in [0.1, 0.15) is 17.5 Å². The zero-order valence-electron chi connectivity index (χ0n) is 17.9. The average Bonchev–Trinajstić information content (AvgIpc) is 2.97. The van der Waals surface area contributed by atoms with Crippen molar-refractivity contribution in [2.24, 2.45) is 0 Å². The standard InChI is InChI=1S/C23H30N4OS2/c1-17-8-6-9-18(2)22(17)25-21(28)16-26-12-7-13-27(15-14-26)23(29)24-19-10-4-5-11-20(19)30-3/h4-6,8-11H,7,12-16H2,1-3H3,(H,24,29)(H,25,28). The van der Waals surface area contributed by atoms with Gasteiger partial charge in [0, 0.05) is 36.8 Å². The molecule has 1 aliphatic rings. The predicted octanol–water partition coefficient (Wildman–Crippen LogP) is 4.37. The van der Waals surface area contributed by atoms with E-state index in [-0.39, 0.29) is 5.91 Å². The number of hydrogen-bond donors (Lipinski definition) is 2. The molecule has 0 unspecified atom stereocenters. The van der Waals surface area contributed by atoms with Crippen molar-refractivity contribution in [1.82, 2.24) is 9.80 Å². The van der Waals surface area contributed by atoms with E-state index in [4.69, 9.17) is 12.2 Å². The van der Waals surface area contributed by atoms with E-state index in [1.807, 2.05) is 44.2 Å². The van der Waals surface area contributed by atoms with Gasteiger partial charge in [-0.15, -0.1) is 11.8 Å². The quantitative estimate of drug-likeness (QED) is 0.530. The molecule has 0 aliphatic carbocycles. The van der Waals surface area contributed by atoms with Gasteiger partial charge in [0.15, 0.2) is 5.11 Å². The van der Waals surface area contributed by atoms with Crippen LogP contribution in [0.3, 0.4) is 0 Å². The first-order valence-corrected chi connectivity index (χ1v) is 11.9. The first-order valence-electron chi connectivity index (χ1n) is 10.3. The average molecular weight is 443 g/mol. The zero-order chi connectivity index (χ0) is 21.5. The topological polar surface area (TPSA) is 47.6 Å². The van der Waals surface area contributed by atoms with Crippen LogP contribution in [0.2, 0.25) is 0 Å². The summed E-state index contributed by atoms with van der Waals surface area (Å²) < 4.78 is 0. The van der Waals surface area contributed by atoms with E-state index in [0.717, 1.165) is 60.2 Å². The van der Waals surface area contributed by atoms with E-state index in [2.05, 4.69) is 38.8 Å². The monoisotopic (exact) mass is 442 g/mol. The number of nitrogens with one attached hydrogen (secondary N) is 2. The number of thiocarbonyl (C=S) groups is 1. The molecule has 0 radical (unpaired) electrons. The van der Waals surface area contributed by atoms with E-state index < -0.39 is 0 Å². The molecule has 1 saturated heterocycles. The van der Waals surface area contributed by atoms with E-state index in [1.165, 1.54) is 4.90 Å². The maximum atomic E-state index is 12.6. The summed E-state index contributed by atoms with van der Waals surface area (Å²) in [6, 6.07) is 14.3. The molecular formula is C23H30N4OS2. The lowest BCUT2D eigenvalue weighted by Gasteiger charge is -2.25. The maximum absolute atomic E-state index is 12.6. The number of thioether (sulfide) groups is 1. The fraction of sp³-hybridized carbons (Fsp3) is 0.391. The van der Waals surface area contributed by atoms with Crippen LogP contribution in [0.5, 0.6) is 0 Å². The Morgan fingerprint density at radius 3 is 2.47 bits per heavy atom. The van der Waals surface area contributed by atoms with Crippen molar-refractivity contribution in [3.63, 3.8) is 0 Å². The van der Waals surface area contributed by atoms with Gasteiger partial charge < -0.3 is 15.5 Å². The number of amides is 1. The minimum atomic E-state index is 0.0375. The number of nitrogens with zero attached hydrogens (tertiary/aromatic N) is 2. The molecule has 1 amide bonds. The second-order valence-corrected chi connectivity index (χ2v) is 8.80. The summed E-state index contributed by atoms with van der Waals surface area (Å²) in [7, 11) is 0. The van der Waals surface area contributed by atoms with Gasteiger partial charge in [-0.1, -0.05) is 30.3 Å². The smallest absolute Gasteiger partial charge is 0.238 e. The van der Waals surface area contributed by atoms with Crippen LogP contribution in [-0.2, 0) is 4.79 Å². The second kappa shape index (κ2) is 10.8. The lowest BCUT2D eigenvalue weighted by molar-refractivity contribution is -0.117. The van der Waals surface area contributed by atoms with Gasteiger partial charge in [0.2, 0.25) is 5.91 Å². The van der Waals surface area contributed by atoms with Crippen LogP contribution < -0.4 is 10.6 Å². The molecule has 5 nitrogen and oxygen atoms in total. The molecule has 30 heavy (non-hydrogen) atoms. The summed E-state index contributed by atoms with van der Waals surface area (Å²) in [5.74, 6) is 0.0375. The lowest BCUT2D eigenvalue weighted by atomic mass is 10.1. The number of aryl methyl sites for hydroxylation is 2. The number of carbonyl (C=O) groups excluding carboxylic acids is 1. The third-order valence-electron chi connectivity index (χ3n) is 5.34. The van der Waals surface area contributed by atoms with Crippen molar-refractivity contribution in [2.45, 2.75) is 25.2 Å². The summed E-state index contributed by atoms with van der Waals surface area (Å²) in [6.07, 6.45) is 3.04. The van der Waals surface area contributed by atoms with Gasteiger partial charge in [0.05, 0.1) is 12.2 Å². The first kappa shape index (κ1) is 22.6. The molecular weight excluding hydrogens is 412 g/mol. The molecule has 1 fully saturated rings. The molecule has 0 spiro atoms. The van der Waals surface area contributed by atoms with Gasteiger partial charge >= 0.3 is 0 Å². The van der Waals surface area contributed by atoms with E-state index >= 15 is 0 Å². The van der Waals surface area contributed by atoms with Gasteiger partial charge in [-0.05, 0) is 62.0 Å². The van der Waals surface area contributed by atoms with Crippen LogP contribution in [0.4, 0.5) is 11.4 Å². The van der Waals surface area contributed by atoms with E-state index in [0.29, 0.717) is 6.54 Å².